The summed E-state index contributed by atoms with van der Waals surface area (Å²) in [5.41, 5.74) is -0.621. The molecule has 0 aliphatic carbocycles. The molecule has 5 nitrogen and oxygen atoms in total. The Morgan fingerprint density at radius 1 is 1.37 bits per heavy atom. The molecule has 0 amide bonds. The molecule has 5 heteroatoms. The van der Waals surface area contributed by atoms with Crippen LogP contribution in [0.25, 0.3) is 0 Å². The predicted molar refractivity (Wildman–Crippen MR) is 74.9 cm³/mol. The molecule has 1 fully saturated rings. The van der Waals surface area contributed by atoms with E-state index in [9.17, 15) is 5.11 Å². The summed E-state index contributed by atoms with van der Waals surface area (Å²) in [5, 5.41) is 15.0. The van der Waals surface area contributed by atoms with Gasteiger partial charge >= 0.3 is 0 Å². The van der Waals surface area contributed by atoms with Crippen LogP contribution in [0.15, 0.2) is 6.33 Å². The predicted octanol–water partition coefficient (Wildman–Crippen LogP) is 1.47. The molecule has 1 aliphatic heterocycles. The summed E-state index contributed by atoms with van der Waals surface area (Å²) in [4.78, 5) is 6.74. The van der Waals surface area contributed by atoms with Crippen LogP contribution in [0.2, 0.25) is 0 Å². The number of aliphatic hydroxyl groups is 1. The Labute approximate surface area is 115 Å². The number of hydrogen-bond acceptors (Lipinski definition) is 4. The van der Waals surface area contributed by atoms with Gasteiger partial charge in [-0.2, -0.15) is 5.10 Å². The molecule has 1 aliphatic rings. The van der Waals surface area contributed by atoms with Crippen molar-refractivity contribution in [1.29, 1.82) is 0 Å². The molecular formula is C14H26N4O. The molecule has 0 radical (unpaired) electrons. The minimum atomic E-state index is -0.621. The standard InChI is InChI=1S/C14H26N4O/c1-4-18-13(15-11-16-18)10-14(19)6-5-8-17(9-7-14)12(2)3/h11-12,19H,4-10H2,1-3H3. The Morgan fingerprint density at radius 3 is 2.84 bits per heavy atom. The Balaban J connectivity index is 2.02. The smallest absolute Gasteiger partial charge is 0.138 e. The zero-order valence-electron chi connectivity index (χ0n) is 12.3. The van der Waals surface area contributed by atoms with Gasteiger partial charge in [0, 0.05) is 25.6 Å². The van der Waals surface area contributed by atoms with Gasteiger partial charge in [-0.3, -0.25) is 4.68 Å². The lowest BCUT2D eigenvalue weighted by atomic mass is 9.91. The van der Waals surface area contributed by atoms with Crippen molar-refractivity contribution in [2.75, 3.05) is 13.1 Å². The maximum absolute atomic E-state index is 10.8. The van der Waals surface area contributed by atoms with Gasteiger partial charge in [-0.25, -0.2) is 4.98 Å². The first-order valence-electron chi connectivity index (χ1n) is 7.37. The highest BCUT2D eigenvalue weighted by Crippen LogP contribution is 2.26. The van der Waals surface area contributed by atoms with Crippen molar-refractivity contribution in [3.63, 3.8) is 0 Å². The Morgan fingerprint density at radius 2 is 2.16 bits per heavy atom. The van der Waals surface area contributed by atoms with E-state index in [0.717, 1.165) is 44.7 Å². The quantitative estimate of drug-likeness (QED) is 0.896. The summed E-state index contributed by atoms with van der Waals surface area (Å²) in [5.74, 6) is 0.906. The van der Waals surface area contributed by atoms with Crippen LogP contribution in [0.1, 0.15) is 45.9 Å². The van der Waals surface area contributed by atoms with Crippen LogP contribution in [0, 0.1) is 0 Å². The highest BCUT2D eigenvalue weighted by atomic mass is 16.3. The van der Waals surface area contributed by atoms with Crippen LogP contribution >= 0.6 is 0 Å². The zero-order chi connectivity index (χ0) is 13.9. The normalized spacial score (nSPS) is 25.7. The second-order valence-corrected chi connectivity index (χ2v) is 5.88. The van der Waals surface area contributed by atoms with E-state index in [1.807, 2.05) is 4.68 Å². The maximum atomic E-state index is 10.8. The van der Waals surface area contributed by atoms with Crippen LogP contribution in [-0.2, 0) is 13.0 Å². The lowest BCUT2D eigenvalue weighted by molar-refractivity contribution is 0.0221. The fourth-order valence-electron chi connectivity index (χ4n) is 2.88. The molecular weight excluding hydrogens is 240 g/mol. The van der Waals surface area contributed by atoms with Crippen molar-refractivity contribution in [3.8, 4) is 0 Å². The lowest BCUT2D eigenvalue weighted by Gasteiger charge is -2.27. The fourth-order valence-corrected chi connectivity index (χ4v) is 2.88. The van der Waals surface area contributed by atoms with Crippen molar-refractivity contribution in [2.45, 2.75) is 64.6 Å². The van der Waals surface area contributed by atoms with E-state index in [4.69, 9.17) is 0 Å². The van der Waals surface area contributed by atoms with E-state index < -0.39 is 5.60 Å². The first-order chi connectivity index (χ1) is 9.04. The summed E-state index contributed by atoms with van der Waals surface area (Å²) in [7, 11) is 0. The zero-order valence-corrected chi connectivity index (χ0v) is 12.3. The summed E-state index contributed by atoms with van der Waals surface area (Å²) < 4.78 is 1.88. The number of aryl methyl sites for hydroxylation is 1. The van der Waals surface area contributed by atoms with Crippen molar-refractivity contribution in [3.05, 3.63) is 12.2 Å². The SMILES string of the molecule is CCn1ncnc1CC1(O)CCCN(C(C)C)CC1. The Hall–Kier alpha value is -0.940. The topological polar surface area (TPSA) is 54.2 Å². The lowest BCUT2D eigenvalue weighted by Crippen LogP contribution is -2.36. The van der Waals surface area contributed by atoms with Gasteiger partial charge in [-0.1, -0.05) is 0 Å². The fraction of sp³-hybridized carbons (Fsp3) is 0.857. The van der Waals surface area contributed by atoms with Crippen LogP contribution in [0.3, 0.4) is 0 Å². The van der Waals surface area contributed by atoms with Gasteiger partial charge in [0.05, 0.1) is 5.60 Å². The largest absolute Gasteiger partial charge is 0.389 e. The van der Waals surface area contributed by atoms with Gasteiger partial charge in [-0.15, -0.1) is 0 Å². The van der Waals surface area contributed by atoms with E-state index in [-0.39, 0.29) is 0 Å². The average Bonchev–Trinajstić information content (AvgIpc) is 2.70. The van der Waals surface area contributed by atoms with Crippen LogP contribution in [-0.4, -0.2) is 49.5 Å². The van der Waals surface area contributed by atoms with Crippen LogP contribution < -0.4 is 0 Å². The minimum absolute atomic E-state index is 0.557. The summed E-state index contributed by atoms with van der Waals surface area (Å²) >= 11 is 0. The molecule has 1 aromatic rings. The highest BCUT2D eigenvalue weighted by Gasteiger charge is 2.32. The monoisotopic (exact) mass is 266 g/mol. The molecule has 108 valence electrons. The van der Waals surface area contributed by atoms with Gasteiger partial charge in [0.2, 0.25) is 0 Å². The van der Waals surface area contributed by atoms with Gasteiger partial charge < -0.3 is 10.0 Å². The second-order valence-electron chi connectivity index (χ2n) is 5.88. The third-order valence-electron chi connectivity index (χ3n) is 4.16. The number of rotatable bonds is 4. The Kier molecular flexibility index (Phi) is 4.58. The minimum Gasteiger partial charge on any atom is -0.389 e. The molecule has 1 N–H and O–H groups in total. The summed E-state index contributed by atoms with van der Waals surface area (Å²) in [6, 6.07) is 0.557. The van der Waals surface area contributed by atoms with E-state index in [1.54, 1.807) is 6.33 Å². The molecule has 1 atom stereocenters. The third kappa shape index (κ3) is 3.54. The summed E-state index contributed by atoms with van der Waals surface area (Å²) in [6.07, 6.45) is 4.93. The van der Waals surface area contributed by atoms with Crippen molar-refractivity contribution < 1.29 is 5.11 Å². The maximum Gasteiger partial charge on any atom is 0.138 e. The van der Waals surface area contributed by atoms with Gasteiger partial charge in [0.15, 0.2) is 0 Å². The Bertz CT molecular complexity index is 404. The molecule has 2 rings (SSSR count). The molecule has 19 heavy (non-hydrogen) atoms. The molecule has 1 aromatic heterocycles. The molecule has 0 saturated carbocycles. The molecule has 2 heterocycles. The molecule has 1 saturated heterocycles. The van der Waals surface area contributed by atoms with E-state index in [2.05, 4.69) is 35.8 Å². The van der Waals surface area contributed by atoms with E-state index >= 15 is 0 Å². The molecule has 1 unspecified atom stereocenters. The van der Waals surface area contributed by atoms with Gasteiger partial charge in [0.1, 0.15) is 12.2 Å². The first kappa shape index (κ1) is 14.5. The molecule has 0 spiro atoms. The van der Waals surface area contributed by atoms with E-state index in [1.165, 1.54) is 0 Å². The number of nitrogens with zero attached hydrogens (tertiary/aromatic N) is 4. The first-order valence-corrected chi connectivity index (χ1v) is 7.37. The summed E-state index contributed by atoms with van der Waals surface area (Å²) in [6.45, 7) is 9.35. The van der Waals surface area contributed by atoms with Crippen molar-refractivity contribution in [1.82, 2.24) is 19.7 Å². The number of aromatic nitrogens is 3. The van der Waals surface area contributed by atoms with E-state index in [0.29, 0.717) is 12.5 Å². The van der Waals surface area contributed by atoms with Crippen molar-refractivity contribution >= 4 is 0 Å². The number of hydrogen-bond donors (Lipinski definition) is 1. The van der Waals surface area contributed by atoms with Gasteiger partial charge in [-0.05, 0) is 46.6 Å². The molecule has 0 bridgehead atoms. The highest BCUT2D eigenvalue weighted by molar-refractivity contribution is 4.96. The molecule has 0 aromatic carbocycles. The average molecular weight is 266 g/mol. The van der Waals surface area contributed by atoms with Gasteiger partial charge in [0.25, 0.3) is 0 Å². The third-order valence-corrected chi connectivity index (χ3v) is 4.16. The van der Waals surface area contributed by atoms with Crippen LogP contribution in [0.5, 0.6) is 0 Å². The second kappa shape index (κ2) is 6.01. The van der Waals surface area contributed by atoms with Crippen molar-refractivity contribution in [2.24, 2.45) is 0 Å². The number of likely N-dealkylation sites (tertiary alicyclic amines) is 1. The van der Waals surface area contributed by atoms with Crippen LogP contribution in [0.4, 0.5) is 0 Å².